The van der Waals surface area contributed by atoms with E-state index in [9.17, 15) is 0 Å². The Morgan fingerprint density at radius 1 is 0.688 bits per heavy atom. The van der Waals surface area contributed by atoms with Gasteiger partial charge in [0.2, 0.25) is 0 Å². The van der Waals surface area contributed by atoms with Crippen LogP contribution in [0.3, 0.4) is 0 Å². The molecule has 32 heavy (non-hydrogen) atoms. The van der Waals surface area contributed by atoms with Gasteiger partial charge in [0.1, 0.15) is 5.84 Å². The summed E-state index contributed by atoms with van der Waals surface area (Å²) in [5, 5.41) is 0. The van der Waals surface area contributed by atoms with E-state index >= 15 is 0 Å². The Balaban J connectivity index is 1.66. The lowest BCUT2D eigenvalue weighted by Gasteiger charge is -2.28. The quantitative estimate of drug-likeness (QED) is 0.249. The van der Waals surface area contributed by atoms with Crippen LogP contribution in [0.1, 0.15) is 36.1 Å². The molecule has 1 aliphatic carbocycles. The van der Waals surface area contributed by atoms with E-state index in [0.29, 0.717) is 0 Å². The summed E-state index contributed by atoms with van der Waals surface area (Å²) in [4.78, 5) is 7.03. The largest absolute Gasteiger partial charge is 0.295 e. The molecule has 0 saturated heterocycles. The highest BCUT2D eigenvalue weighted by atomic mass is 15.2. The van der Waals surface area contributed by atoms with E-state index < -0.39 is 0 Å². The first-order valence-electron chi connectivity index (χ1n) is 11.1. The van der Waals surface area contributed by atoms with Gasteiger partial charge >= 0.3 is 0 Å². The van der Waals surface area contributed by atoms with Crippen LogP contribution in [-0.4, -0.2) is 12.9 Å². The number of hydrogen-bond acceptors (Lipinski definition) is 1. The first kappa shape index (κ1) is 20.3. The van der Waals surface area contributed by atoms with E-state index in [2.05, 4.69) is 111 Å². The number of rotatable bonds is 3. The number of nitrogens with zero attached hydrogens (tertiary/aromatic N) is 2. The van der Waals surface area contributed by atoms with Gasteiger partial charge in [-0.2, -0.15) is 0 Å². The number of benzene rings is 4. The zero-order chi connectivity index (χ0) is 22.3. The molecule has 0 bridgehead atoms. The van der Waals surface area contributed by atoms with E-state index in [0.717, 1.165) is 22.8 Å². The van der Waals surface area contributed by atoms with Crippen LogP contribution in [0.5, 0.6) is 0 Å². The summed E-state index contributed by atoms with van der Waals surface area (Å²) in [6.45, 7) is 6.83. The summed E-state index contributed by atoms with van der Waals surface area (Å²) in [6.07, 6.45) is 0. The van der Waals surface area contributed by atoms with E-state index in [4.69, 9.17) is 4.99 Å². The SMILES string of the molecule is C/N=C(\c1ccc2c(c1)C(C)(C)c1cc(C)ccc1-2)N(c1ccccc1)c1ccccc1. The highest BCUT2D eigenvalue weighted by molar-refractivity contribution is 6.14. The van der Waals surface area contributed by atoms with Crippen molar-refractivity contribution < 1.29 is 0 Å². The molecule has 5 rings (SSSR count). The van der Waals surface area contributed by atoms with Crippen LogP contribution in [0.25, 0.3) is 11.1 Å². The van der Waals surface area contributed by atoms with Crippen LogP contribution < -0.4 is 4.90 Å². The standard InChI is InChI=1S/C30H28N2/c1-21-15-17-25-26-18-16-22(20-28(26)30(2,3)27(25)19-21)29(31-4)32(23-11-7-5-8-12-23)24-13-9-6-10-14-24/h5-20H,1-4H3/b31-29+. The summed E-state index contributed by atoms with van der Waals surface area (Å²) in [5.74, 6) is 0.938. The Labute approximate surface area is 190 Å². The molecule has 4 aromatic rings. The lowest BCUT2D eigenvalue weighted by Crippen LogP contribution is -2.27. The third-order valence-electron chi connectivity index (χ3n) is 6.54. The summed E-state index contributed by atoms with van der Waals surface area (Å²) in [7, 11) is 1.88. The number of amidine groups is 1. The number of para-hydroxylation sites is 2. The second kappa shape index (κ2) is 7.80. The Bertz CT molecular complexity index is 1260. The second-order valence-electron chi connectivity index (χ2n) is 8.99. The lowest BCUT2D eigenvalue weighted by molar-refractivity contribution is 0.659. The van der Waals surface area contributed by atoms with Crippen molar-refractivity contribution in [2.24, 2.45) is 4.99 Å². The maximum absolute atomic E-state index is 4.79. The van der Waals surface area contributed by atoms with Crippen LogP contribution in [0, 0.1) is 6.92 Å². The van der Waals surface area contributed by atoms with Gasteiger partial charge in [-0.3, -0.25) is 9.89 Å². The number of aliphatic imine (C=N–C) groups is 1. The van der Waals surface area contributed by atoms with Crippen molar-refractivity contribution in [3.8, 4) is 11.1 Å². The molecular weight excluding hydrogens is 388 g/mol. The Morgan fingerprint density at radius 3 is 1.78 bits per heavy atom. The number of aryl methyl sites for hydroxylation is 1. The van der Waals surface area contributed by atoms with Gasteiger partial charge in [0.15, 0.2) is 0 Å². The van der Waals surface area contributed by atoms with Gasteiger partial charge < -0.3 is 0 Å². The third kappa shape index (κ3) is 3.23. The minimum atomic E-state index is -0.0458. The first-order chi connectivity index (χ1) is 15.5. The van der Waals surface area contributed by atoms with Crippen molar-refractivity contribution in [2.75, 3.05) is 11.9 Å². The lowest BCUT2D eigenvalue weighted by atomic mass is 9.81. The van der Waals surface area contributed by atoms with Crippen LogP contribution in [-0.2, 0) is 5.41 Å². The molecule has 0 heterocycles. The molecule has 0 aliphatic heterocycles. The molecule has 1 aliphatic rings. The summed E-state index contributed by atoms with van der Waals surface area (Å²) in [6, 6.07) is 34.6. The fraction of sp³-hybridized carbons (Fsp3) is 0.167. The molecule has 2 heteroatoms. The highest BCUT2D eigenvalue weighted by Crippen LogP contribution is 2.49. The minimum absolute atomic E-state index is 0.0458. The predicted octanol–water partition coefficient (Wildman–Crippen LogP) is 7.52. The van der Waals surface area contributed by atoms with Crippen LogP contribution in [0.4, 0.5) is 11.4 Å². The molecule has 0 amide bonds. The molecule has 0 spiro atoms. The van der Waals surface area contributed by atoms with E-state index in [-0.39, 0.29) is 5.41 Å². The molecule has 0 saturated carbocycles. The minimum Gasteiger partial charge on any atom is -0.295 e. The van der Waals surface area contributed by atoms with Crippen molar-refractivity contribution in [3.05, 3.63) is 119 Å². The van der Waals surface area contributed by atoms with Gasteiger partial charge in [0, 0.05) is 29.4 Å². The third-order valence-corrected chi connectivity index (χ3v) is 6.54. The normalized spacial score (nSPS) is 14.1. The average Bonchev–Trinajstić information content (AvgIpc) is 3.04. The van der Waals surface area contributed by atoms with Crippen LogP contribution >= 0.6 is 0 Å². The molecule has 158 valence electrons. The molecule has 2 nitrogen and oxygen atoms in total. The number of anilines is 2. The van der Waals surface area contributed by atoms with Crippen molar-refractivity contribution in [1.82, 2.24) is 0 Å². The van der Waals surface area contributed by atoms with Gasteiger partial charge in [-0.05, 0) is 59.5 Å². The summed E-state index contributed by atoms with van der Waals surface area (Å²) in [5.41, 5.74) is 10.0. The average molecular weight is 417 g/mol. The zero-order valence-corrected chi connectivity index (χ0v) is 19.1. The summed E-state index contributed by atoms with van der Waals surface area (Å²) < 4.78 is 0. The van der Waals surface area contributed by atoms with E-state index in [1.165, 1.54) is 27.8 Å². The molecule has 0 atom stereocenters. The maximum atomic E-state index is 4.79. The van der Waals surface area contributed by atoms with Gasteiger partial charge in [0.05, 0.1) is 0 Å². The predicted molar refractivity (Wildman–Crippen MR) is 136 cm³/mol. The van der Waals surface area contributed by atoms with E-state index in [1.54, 1.807) is 0 Å². The molecule has 0 fully saturated rings. The maximum Gasteiger partial charge on any atom is 0.139 e. The van der Waals surface area contributed by atoms with Crippen LogP contribution in [0.2, 0.25) is 0 Å². The number of hydrogen-bond donors (Lipinski definition) is 0. The van der Waals surface area contributed by atoms with Gasteiger partial charge in [-0.25, -0.2) is 0 Å². The molecule has 0 unspecified atom stereocenters. The smallest absolute Gasteiger partial charge is 0.139 e. The summed E-state index contributed by atoms with van der Waals surface area (Å²) >= 11 is 0. The van der Waals surface area contributed by atoms with Crippen molar-refractivity contribution in [3.63, 3.8) is 0 Å². The van der Waals surface area contributed by atoms with Crippen molar-refractivity contribution in [1.29, 1.82) is 0 Å². The van der Waals surface area contributed by atoms with Gasteiger partial charge in [-0.15, -0.1) is 0 Å². The van der Waals surface area contributed by atoms with Crippen LogP contribution in [0.15, 0.2) is 102 Å². The Morgan fingerprint density at radius 2 is 1.22 bits per heavy atom. The second-order valence-corrected chi connectivity index (χ2v) is 8.99. The molecular formula is C30H28N2. The Hall–Kier alpha value is -3.65. The molecule has 4 aromatic carbocycles. The Kier molecular flexibility index (Phi) is 4.94. The highest BCUT2D eigenvalue weighted by Gasteiger charge is 2.36. The van der Waals surface area contributed by atoms with Gasteiger partial charge in [-0.1, -0.05) is 86.1 Å². The van der Waals surface area contributed by atoms with E-state index in [1.807, 2.05) is 19.2 Å². The number of fused-ring (bicyclic) bond motifs is 3. The fourth-order valence-electron chi connectivity index (χ4n) is 4.90. The fourth-order valence-corrected chi connectivity index (χ4v) is 4.90. The molecule has 0 aromatic heterocycles. The molecule has 0 radical (unpaired) electrons. The molecule has 0 N–H and O–H groups in total. The van der Waals surface area contributed by atoms with Gasteiger partial charge in [0.25, 0.3) is 0 Å². The van der Waals surface area contributed by atoms with Crippen molar-refractivity contribution in [2.45, 2.75) is 26.2 Å². The monoisotopic (exact) mass is 416 g/mol. The first-order valence-corrected chi connectivity index (χ1v) is 11.1. The zero-order valence-electron chi connectivity index (χ0n) is 19.1. The topological polar surface area (TPSA) is 15.6 Å². The van der Waals surface area contributed by atoms with Crippen molar-refractivity contribution >= 4 is 17.2 Å².